The molecule has 1 aromatic carbocycles. The highest BCUT2D eigenvalue weighted by Crippen LogP contribution is 2.21. The van der Waals surface area contributed by atoms with Crippen molar-refractivity contribution < 1.29 is 18.8 Å². The molecule has 0 fully saturated rings. The van der Waals surface area contributed by atoms with Crippen LogP contribution in [0, 0.1) is 6.92 Å². The summed E-state index contributed by atoms with van der Waals surface area (Å²) < 4.78 is 10.4. The largest absolute Gasteiger partial charge is 0.484 e. The van der Waals surface area contributed by atoms with E-state index in [1.807, 2.05) is 42.6 Å². The molecule has 2 N–H and O–H groups in total. The summed E-state index contributed by atoms with van der Waals surface area (Å²) in [6, 6.07) is 11.2. The zero-order chi connectivity index (χ0) is 19.1. The minimum Gasteiger partial charge on any atom is -0.484 e. The first-order valence-corrected chi connectivity index (χ1v) is 9.12. The summed E-state index contributed by atoms with van der Waals surface area (Å²) in [5, 5.41) is 10.9. The summed E-state index contributed by atoms with van der Waals surface area (Å²) in [4.78, 5) is 28.6. The molecule has 0 aliphatic rings. The summed E-state index contributed by atoms with van der Waals surface area (Å²) in [5.74, 6) is 0.157. The number of aromatic nitrogens is 2. The van der Waals surface area contributed by atoms with E-state index in [-0.39, 0.29) is 31.5 Å². The molecule has 27 heavy (non-hydrogen) atoms. The normalized spacial score (nSPS) is 10.4. The molecule has 9 heteroatoms. The SMILES string of the molecule is Cc1ccccc1OCC(=O)NCCNC(=O)c1nc(-c2cccs2)no1. The molecule has 0 spiro atoms. The van der Waals surface area contributed by atoms with Crippen LogP contribution in [0.25, 0.3) is 10.7 Å². The van der Waals surface area contributed by atoms with E-state index >= 15 is 0 Å². The topological polar surface area (TPSA) is 106 Å². The van der Waals surface area contributed by atoms with Gasteiger partial charge in [0, 0.05) is 13.1 Å². The van der Waals surface area contributed by atoms with Crippen molar-refractivity contribution in [2.24, 2.45) is 0 Å². The Morgan fingerprint density at radius 1 is 1.15 bits per heavy atom. The lowest BCUT2D eigenvalue weighted by Gasteiger charge is -2.09. The summed E-state index contributed by atoms with van der Waals surface area (Å²) in [5.41, 5.74) is 0.957. The van der Waals surface area contributed by atoms with Crippen molar-refractivity contribution in [2.75, 3.05) is 19.7 Å². The summed E-state index contributed by atoms with van der Waals surface area (Å²) >= 11 is 1.45. The van der Waals surface area contributed by atoms with E-state index in [1.165, 1.54) is 11.3 Å². The molecule has 0 atom stereocenters. The van der Waals surface area contributed by atoms with Crippen molar-refractivity contribution in [1.29, 1.82) is 0 Å². The van der Waals surface area contributed by atoms with E-state index in [0.717, 1.165) is 10.4 Å². The third kappa shape index (κ3) is 5.14. The van der Waals surface area contributed by atoms with Crippen LogP contribution in [0.5, 0.6) is 5.75 Å². The monoisotopic (exact) mass is 386 g/mol. The van der Waals surface area contributed by atoms with Crippen LogP contribution >= 0.6 is 11.3 Å². The summed E-state index contributed by atoms with van der Waals surface area (Å²) in [6.07, 6.45) is 0. The molecule has 8 nitrogen and oxygen atoms in total. The molecule has 0 bridgehead atoms. The van der Waals surface area contributed by atoms with Gasteiger partial charge in [-0.25, -0.2) is 0 Å². The van der Waals surface area contributed by atoms with E-state index in [4.69, 9.17) is 9.26 Å². The molecule has 2 heterocycles. The van der Waals surface area contributed by atoms with Crippen molar-refractivity contribution in [2.45, 2.75) is 6.92 Å². The van der Waals surface area contributed by atoms with Gasteiger partial charge in [0.15, 0.2) is 6.61 Å². The number of nitrogens with one attached hydrogen (secondary N) is 2. The minimum atomic E-state index is -0.490. The van der Waals surface area contributed by atoms with Crippen molar-refractivity contribution in [3.63, 3.8) is 0 Å². The van der Waals surface area contributed by atoms with Gasteiger partial charge >= 0.3 is 11.8 Å². The Morgan fingerprint density at radius 3 is 2.74 bits per heavy atom. The number of rotatable bonds is 8. The number of ether oxygens (including phenoxy) is 1. The van der Waals surface area contributed by atoms with Crippen LogP contribution in [0.2, 0.25) is 0 Å². The van der Waals surface area contributed by atoms with E-state index in [1.54, 1.807) is 6.07 Å². The van der Waals surface area contributed by atoms with Gasteiger partial charge in [0.2, 0.25) is 5.82 Å². The number of benzene rings is 1. The molecule has 2 aromatic heterocycles. The number of carbonyl (C=O) groups is 2. The Bertz CT molecular complexity index is 908. The lowest BCUT2D eigenvalue weighted by molar-refractivity contribution is -0.123. The molecular weight excluding hydrogens is 368 g/mol. The molecule has 0 saturated carbocycles. The van der Waals surface area contributed by atoms with Crippen LogP contribution in [0.4, 0.5) is 0 Å². The van der Waals surface area contributed by atoms with E-state index in [9.17, 15) is 9.59 Å². The standard InChI is InChI=1S/C18H18N4O4S/c1-12-5-2-3-6-13(12)25-11-15(23)19-8-9-20-17(24)18-21-16(22-26-18)14-7-4-10-27-14/h2-7,10H,8-9,11H2,1H3,(H,19,23)(H,20,24). The van der Waals surface area contributed by atoms with Crippen molar-refractivity contribution in [3.8, 4) is 16.5 Å². The Hall–Kier alpha value is -3.20. The van der Waals surface area contributed by atoms with Crippen LogP contribution in [0.1, 0.15) is 16.2 Å². The number of amides is 2. The lowest BCUT2D eigenvalue weighted by atomic mass is 10.2. The summed E-state index contributed by atoms with van der Waals surface area (Å²) in [7, 11) is 0. The van der Waals surface area contributed by atoms with Crippen molar-refractivity contribution in [1.82, 2.24) is 20.8 Å². The fraction of sp³-hybridized carbons (Fsp3) is 0.222. The maximum Gasteiger partial charge on any atom is 0.316 e. The molecule has 0 unspecified atom stereocenters. The van der Waals surface area contributed by atoms with Gasteiger partial charge in [-0.05, 0) is 30.0 Å². The number of carbonyl (C=O) groups excluding carboxylic acids is 2. The second kappa shape index (κ2) is 8.95. The number of aryl methyl sites for hydroxylation is 1. The number of thiophene rings is 1. The van der Waals surface area contributed by atoms with Gasteiger partial charge in [-0.1, -0.05) is 29.4 Å². The van der Waals surface area contributed by atoms with Gasteiger partial charge in [0.1, 0.15) is 5.75 Å². The van der Waals surface area contributed by atoms with Crippen LogP contribution < -0.4 is 15.4 Å². The lowest BCUT2D eigenvalue weighted by Crippen LogP contribution is -2.36. The Labute approximate surface area is 159 Å². The number of nitrogens with zero attached hydrogens (tertiary/aromatic N) is 2. The molecule has 3 rings (SSSR count). The third-order valence-corrected chi connectivity index (χ3v) is 4.41. The minimum absolute atomic E-state index is 0.0906. The van der Waals surface area contributed by atoms with Gasteiger partial charge in [-0.2, -0.15) is 4.98 Å². The van der Waals surface area contributed by atoms with Crippen LogP contribution in [0.3, 0.4) is 0 Å². The predicted octanol–water partition coefficient (Wildman–Crippen LogP) is 2.03. The average Bonchev–Trinajstić information content (AvgIpc) is 3.35. The van der Waals surface area contributed by atoms with Crippen LogP contribution in [0.15, 0.2) is 46.3 Å². The number of hydrogen-bond donors (Lipinski definition) is 2. The second-order valence-electron chi connectivity index (χ2n) is 5.56. The van der Waals surface area contributed by atoms with Crippen LogP contribution in [-0.2, 0) is 4.79 Å². The highest BCUT2D eigenvalue weighted by Gasteiger charge is 2.16. The second-order valence-corrected chi connectivity index (χ2v) is 6.51. The van der Waals surface area contributed by atoms with Gasteiger partial charge in [0.25, 0.3) is 5.91 Å². The molecule has 0 aliphatic heterocycles. The number of para-hydroxylation sites is 1. The Balaban J connectivity index is 1.36. The molecular formula is C18H18N4O4S. The first-order valence-electron chi connectivity index (χ1n) is 8.24. The van der Waals surface area contributed by atoms with Crippen molar-refractivity contribution in [3.05, 3.63) is 53.2 Å². The molecule has 3 aromatic rings. The third-order valence-electron chi connectivity index (χ3n) is 3.55. The van der Waals surface area contributed by atoms with Gasteiger partial charge < -0.3 is 19.9 Å². The number of hydrogen-bond acceptors (Lipinski definition) is 7. The Morgan fingerprint density at radius 2 is 1.96 bits per heavy atom. The molecule has 2 amide bonds. The first kappa shape index (κ1) is 18.6. The van der Waals surface area contributed by atoms with Crippen molar-refractivity contribution >= 4 is 23.2 Å². The van der Waals surface area contributed by atoms with Crippen LogP contribution in [-0.4, -0.2) is 41.7 Å². The maximum atomic E-state index is 12.0. The quantitative estimate of drug-likeness (QED) is 0.574. The molecule has 0 saturated heterocycles. The van der Waals surface area contributed by atoms with E-state index in [0.29, 0.717) is 11.6 Å². The fourth-order valence-electron chi connectivity index (χ4n) is 2.19. The molecule has 0 aliphatic carbocycles. The smallest absolute Gasteiger partial charge is 0.316 e. The first-order chi connectivity index (χ1) is 13.1. The van der Waals surface area contributed by atoms with E-state index in [2.05, 4.69) is 20.8 Å². The fourth-order valence-corrected chi connectivity index (χ4v) is 2.84. The zero-order valence-electron chi connectivity index (χ0n) is 14.6. The zero-order valence-corrected chi connectivity index (χ0v) is 15.4. The van der Waals surface area contributed by atoms with Gasteiger partial charge in [-0.3, -0.25) is 9.59 Å². The molecule has 0 radical (unpaired) electrons. The molecule has 140 valence electrons. The summed E-state index contributed by atoms with van der Waals surface area (Å²) in [6.45, 7) is 2.30. The van der Waals surface area contributed by atoms with Gasteiger partial charge in [-0.15, -0.1) is 11.3 Å². The maximum absolute atomic E-state index is 12.0. The highest BCUT2D eigenvalue weighted by molar-refractivity contribution is 7.13. The average molecular weight is 386 g/mol. The Kier molecular flexibility index (Phi) is 6.16. The highest BCUT2D eigenvalue weighted by atomic mass is 32.1. The predicted molar refractivity (Wildman–Crippen MR) is 99.6 cm³/mol. The van der Waals surface area contributed by atoms with E-state index < -0.39 is 5.91 Å². The van der Waals surface area contributed by atoms with Gasteiger partial charge in [0.05, 0.1) is 4.88 Å².